The number of benzene rings is 2. The third kappa shape index (κ3) is 5.45. The number of thiophene rings is 1. The molecule has 5 heterocycles. The van der Waals surface area contributed by atoms with Gasteiger partial charge in [0.05, 0.1) is 18.8 Å². The van der Waals surface area contributed by atoms with E-state index < -0.39 is 12.4 Å². The molecule has 0 aliphatic carbocycles. The fourth-order valence-electron chi connectivity index (χ4n) is 6.27. The van der Waals surface area contributed by atoms with Gasteiger partial charge in [0, 0.05) is 58.5 Å². The van der Waals surface area contributed by atoms with E-state index in [0.29, 0.717) is 41.9 Å². The van der Waals surface area contributed by atoms with Gasteiger partial charge < -0.3 is 9.64 Å². The van der Waals surface area contributed by atoms with Crippen molar-refractivity contribution in [1.82, 2.24) is 29.5 Å². The van der Waals surface area contributed by atoms with Crippen molar-refractivity contribution < 1.29 is 22.7 Å². The SMILES string of the molecule is C=CC(=O)N1CCn2nc(-c3nc(-c4ccc5c(c4)CCN(C(C)C)C5)c4ccsc4c3-c3ccc(F)cc3OC(F)F)nc2C1. The number of hydrogen-bond donors (Lipinski definition) is 0. The van der Waals surface area contributed by atoms with E-state index >= 15 is 0 Å². The van der Waals surface area contributed by atoms with Gasteiger partial charge in [0.15, 0.2) is 0 Å². The molecule has 7 rings (SSSR count). The van der Waals surface area contributed by atoms with Gasteiger partial charge in [-0.05, 0) is 67.1 Å². The van der Waals surface area contributed by atoms with E-state index in [-0.39, 0.29) is 29.6 Å². The summed E-state index contributed by atoms with van der Waals surface area (Å²) in [5.41, 5.74) is 5.24. The number of nitrogens with zero attached hydrogens (tertiary/aromatic N) is 6. The van der Waals surface area contributed by atoms with E-state index in [0.717, 1.165) is 41.2 Å². The van der Waals surface area contributed by atoms with Crippen LogP contribution in [0.2, 0.25) is 0 Å². The summed E-state index contributed by atoms with van der Waals surface area (Å²) in [6.07, 6.45) is 2.18. The average molecular weight is 645 g/mol. The van der Waals surface area contributed by atoms with Gasteiger partial charge in [-0.25, -0.2) is 19.0 Å². The molecule has 0 N–H and O–H groups in total. The number of pyridine rings is 1. The van der Waals surface area contributed by atoms with Crippen molar-refractivity contribution in [3.63, 3.8) is 0 Å². The first-order valence-electron chi connectivity index (χ1n) is 15.1. The molecule has 0 radical (unpaired) electrons. The van der Waals surface area contributed by atoms with Crippen LogP contribution in [0, 0.1) is 5.82 Å². The Bertz CT molecular complexity index is 1990. The molecule has 2 aliphatic heterocycles. The lowest BCUT2D eigenvalue weighted by Gasteiger charge is -2.32. The van der Waals surface area contributed by atoms with Gasteiger partial charge in [-0.2, -0.15) is 8.78 Å². The minimum absolute atomic E-state index is 0.207. The van der Waals surface area contributed by atoms with E-state index in [9.17, 15) is 18.0 Å². The first-order chi connectivity index (χ1) is 22.2. The molecule has 0 bridgehead atoms. The van der Waals surface area contributed by atoms with E-state index in [1.165, 1.54) is 40.7 Å². The lowest BCUT2D eigenvalue weighted by atomic mass is 9.93. The van der Waals surface area contributed by atoms with Crippen LogP contribution in [0.1, 0.15) is 30.8 Å². The van der Waals surface area contributed by atoms with Crippen molar-refractivity contribution in [3.05, 3.63) is 83.3 Å². The van der Waals surface area contributed by atoms with Gasteiger partial charge in [-0.3, -0.25) is 9.69 Å². The maximum atomic E-state index is 14.4. The van der Waals surface area contributed by atoms with Gasteiger partial charge in [0.1, 0.15) is 23.1 Å². The maximum Gasteiger partial charge on any atom is 0.387 e. The van der Waals surface area contributed by atoms with Crippen LogP contribution in [0.25, 0.3) is 44.0 Å². The summed E-state index contributed by atoms with van der Waals surface area (Å²) in [6, 6.07) is 12.4. The summed E-state index contributed by atoms with van der Waals surface area (Å²) in [5, 5.41) is 7.51. The third-order valence-electron chi connectivity index (χ3n) is 8.65. The molecule has 0 saturated heterocycles. The van der Waals surface area contributed by atoms with Crippen molar-refractivity contribution in [3.8, 4) is 39.7 Å². The number of rotatable bonds is 7. The minimum atomic E-state index is -3.16. The summed E-state index contributed by atoms with van der Waals surface area (Å²) in [7, 11) is 0. The normalized spacial score (nSPS) is 15.0. The van der Waals surface area contributed by atoms with Gasteiger partial charge in [-0.1, -0.05) is 18.7 Å². The first kappa shape index (κ1) is 30.1. The smallest absolute Gasteiger partial charge is 0.387 e. The van der Waals surface area contributed by atoms with Crippen molar-refractivity contribution in [1.29, 1.82) is 0 Å². The number of alkyl halides is 2. The number of carbonyl (C=O) groups is 1. The second kappa shape index (κ2) is 12.0. The van der Waals surface area contributed by atoms with Crippen LogP contribution in [0.15, 0.2) is 60.5 Å². The van der Waals surface area contributed by atoms with Crippen LogP contribution < -0.4 is 4.74 Å². The molecule has 0 spiro atoms. The number of hydrogen-bond acceptors (Lipinski definition) is 7. The Labute approximate surface area is 267 Å². The molecule has 2 aromatic carbocycles. The zero-order valence-corrected chi connectivity index (χ0v) is 26.2. The number of halogens is 3. The lowest BCUT2D eigenvalue weighted by molar-refractivity contribution is -0.127. The Balaban J connectivity index is 1.43. The summed E-state index contributed by atoms with van der Waals surface area (Å²) in [5.74, 6) is -0.395. The van der Waals surface area contributed by atoms with Crippen molar-refractivity contribution in [2.45, 2.75) is 52.6 Å². The quantitative estimate of drug-likeness (QED) is 0.179. The molecule has 0 saturated carbocycles. The molecule has 0 unspecified atom stereocenters. The van der Waals surface area contributed by atoms with E-state index in [1.807, 2.05) is 11.4 Å². The Kier molecular flexibility index (Phi) is 7.85. The summed E-state index contributed by atoms with van der Waals surface area (Å²) < 4.78 is 48.8. The Morgan fingerprint density at radius 3 is 2.65 bits per heavy atom. The highest BCUT2D eigenvalue weighted by Crippen LogP contribution is 2.46. The molecule has 46 heavy (non-hydrogen) atoms. The largest absolute Gasteiger partial charge is 0.434 e. The minimum Gasteiger partial charge on any atom is -0.434 e. The fourth-order valence-corrected chi connectivity index (χ4v) is 7.23. The van der Waals surface area contributed by atoms with Crippen LogP contribution in [-0.4, -0.2) is 61.2 Å². The second-order valence-electron chi connectivity index (χ2n) is 11.7. The van der Waals surface area contributed by atoms with E-state index in [4.69, 9.17) is 19.8 Å². The predicted molar refractivity (Wildman–Crippen MR) is 171 cm³/mol. The van der Waals surface area contributed by atoms with E-state index in [2.05, 4.69) is 43.5 Å². The lowest BCUT2D eigenvalue weighted by Crippen LogP contribution is -2.37. The van der Waals surface area contributed by atoms with Crippen LogP contribution in [0.3, 0.4) is 0 Å². The van der Waals surface area contributed by atoms with Gasteiger partial charge >= 0.3 is 6.61 Å². The molecule has 0 atom stereocenters. The third-order valence-corrected chi connectivity index (χ3v) is 9.58. The highest BCUT2D eigenvalue weighted by molar-refractivity contribution is 7.18. The number of ether oxygens (including phenoxy) is 1. The van der Waals surface area contributed by atoms with E-state index in [1.54, 1.807) is 9.58 Å². The molecule has 5 aromatic rings. The molecule has 2 aliphatic rings. The van der Waals surface area contributed by atoms with Crippen LogP contribution >= 0.6 is 11.3 Å². The number of fused-ring (bicyclic) bond motifs is 3. The Morgan fingerprint density at radius 2 is 1.87 bits per heavy atom. The predicted octanol–water partition coefficient (Wildman–Crippen LogP) is 6.92. The molecule has 1 amide bonds. The molecule has 3 aromatic heterocycles. The highest BCUT2D eigenvalue weighted by Gasteiger charge is 2.29. The zero-order chi connectivity index (χ0) is 32.1. The van der Waals surface area contributed by atoms with Crippen LogP contribution in [0.5, 0.6) is 5.75 Å². The van der Waals surface area contributed by atoms with Gasteiger partial charge in [-0.15, -0.1) is 16.4 Å². The van der Waals surface area contributed by atoms with Gasteiger partial charge in [0.2, 0.25) is 11.7 Å². The van der Waals surface area contributed by atoms with Gasteiger partial charge in [0.25, 0.3) is 0 Å². The maximum absolute atomic E-state index is 14.4. The number of amides is 1. The first-order valence-corrected chi connectivity index (χ1v) is 16.0. The monoisotopic (exact) mass is 644 g/mol. The molecule has 236 valence electrons. The fraction of sp³-hybridized carbons (Fsp3) is 0.294. The summed E-state index contributed by atoms with van der Waals surface area (Å²) in [4.78, 5) is 26.4. The van der Waals surface area contributed by atoms with Crippen molar-refractivity contribution in [2.75, 3.05) is 13.1 Å². The Hall–Kier alpha value is -4.55. The average Bonchev–Trinajstić information content (AvgIpc) is 3.70. The Morgan fingerprint density at radius 1 is 1.02 bits per heavy atom. The van der Waals surface area contributed by atoms with Crippen LogP contribution in [-0.2, 0) is 30.8 Å². The standard InChI is InChI=1S/C34H31F3N6O2S/c1-4-28(44)42-12-13-43-27(18-42)38-33(40-43)31-29(24-8-7-23(35)16-26(24)45-34(36)37)32-25(10-14-46-32)30(39-31)21-5-6-22-17-41(19(2)3)11-9-20(22)15-21/h4-8,10,14-16,19,34H,1,9,11-13,17-18H2,2-3H3. The summed E-state index contributed by atoms with van der Waals surface area (Å²) in [6.45, 7) is 7.76. The molecular weight excluding hydrogens is 613 g/mol. The van der Waals surface area contributed by atoms with Crippen molar-refractivity contribution >= 4 is 27.3 Å². The molecule has 0 fully saturated rings. The molecule has 8 nitrogen and oxygen atoms in total. The molecule has 12 heteroatoms. The van der Waals surface area contributed by atoms with Crippen LogP contribution in [0.4, 0.5) is 13.2 Å². The van der Waals surface area contributed by atoms with Crippen molar-refractivity contribution in [2.24, 2.45) is 0 Å². The second-order valence-corrected chi connectivity index (χ2v) is 12.6. The number of aromatic nitrogens is 4. The topological polar surface area (TPSA) is 76.4 Å². The zero-order valence-electron chi connectivity index (χ0n) is 25.3. The number of carbonyl (C=O) groups excluding carboxylic acids is 1. The highest BCUT2D eigenvalue weighted by atomic mass is 32.1. The summed E-state index contributed by atoms with van der Waals surface area (Å²) >= 11 is 1.42. The molecular formula is C34H31F3N6O2S.